The molecule has 218 valence electrons. The maximum absolute atomic E-state index is 14.7. The van der Waals surface area contributed by atoms with Crippen LogP contribution in [-0.4, -0.2) is 26.2 Å². The van der Waals surface area contributed by atoms with Gasteiger partial charge in [0.05, 0.1) is 12.3 Å². The third-order valence-electron chi connectivity index (χ3n) is 6.37. The summed E-state index contributed by atoms with van der Waals surface area (Å²) in [6.45, 7) is 2.65. The van der Waals surface area contributed by atoms with Crippen LogP contribution in [0.3, 0.4) is 0 Å². The Bertz CT molecular complexity index is 1730. The fourth-order valence-electron chi connectivity index (χ4n) is 4.47. The molecule has 0 aliphatic heterocycles. The van der Waals surface area contributed by atoms with Crippen molar-refractivity contribution >= 4 is 0 Å². The van der Waals surface area contributed by atoms with Crippen LogP contribution in [0, 0.1) is 19.7 Å². The number of aliphatic hydroxyl groups is 1. The van der Waals surface area contributed by atoms with Crippen molar-refractivity contribution in [2.75, 3.05) is 0 Å². The van der Waals surface area contributed by atoms with Gasteiger partial charge in [0.2, 0.25) is 0 Å². The molecule has 1 N–H and O–H groups in total. The van der Waals surface area contributed by atoms with Crippen molar-refractivity contribution in [1.29, 1.82) is 0 Å². The van der Waals surface area contributed by atoms with Gasteiger partial charge in [0.15, 0.2) is 17.3 Å². The topological polar surface area (TPSA) is 73.3 Å². The van der Waals surface area contributed by atoms with E-state index < -0.39 is 36.4 Å². The molecular formula is C29H20F7N3O3. The summed E-state index contributed by atoms with van der Waals surface area (Å²) in [6, 6.07) is 13.1. The summed E-state index contributed by atoms with van der Waals surface area (Å²) in [5.74, 6) is -0.825. The number of ether oxygens (including phenoxy) is 1. The second-order valence-electron chi connectivity index (χ2n) is 9.27. The van der Waals surface area contributed by atoms with E-state index in [1.54, 1.807) is 25.1 Å². The standard InChI is InChI=1S/C29H20F7N3O3/c1-15-11-19(13-23(30)22(15)14-40)18-5-8-24(39-10-9-25(38-39)28(31,32)33)21(12-18)26-27(41-16(2)37-26)17-3-6-20(7-4-17)42-29(34,35)36/h3-13,40H,14H2,1-2H3. The van der Waals surface area contributed by atoms with Crippen LogP contribution >= 0.6 is 0 Å². The minimum absolute atomic E-state index is 0.116. The van der Waals surface area contributed by atoms with Gasteiger partial charge in [0, 0.05) is 29.8 Å². The van der Waals surface area contributed by atoms with Crippen LogP contribution in [0.1, 0.15) is 22.7 Å². The molecule has 0 aliphatic rings. The molecule has 0 fully saturated rings. The number of alkyl halides is 6. The first-order valence-electron chi connectivity index (χ1n) is 12.2. The number of benzene rings is 3. The zero-order valence-corrected chi connectivity index (χ0v) is 21.8. The Hall–Kier alpha value is -4.65. The fraction of sp³-hybridized carbons (Fsp3) is 0.172. The van der Waals surface area contributed by atoms with E-state index in [-0.39, 0.29) is 34.2 Å². The molecule has 0 amide bonds. The van der Waals surface area contributed by atoms with Gasteiger partial charge >= 0.3 is 12.5 Å². The Kier molecular flexibility index (Phi) is 7.31. The highest BCUT2D eigenvalue weighted by Crippen LogP contribution is 2.39. The summed E-state index contributed by atoms with van der Waals surface area (Å²) in [6.07, 6.45) is -8.47. The molecule has 0 saturated carbocycles. The van der Waals surface area contributed by atoms with E-state index in [9.17, 15) is 35.8 Å². The van der Waals surface area contributed by atoms with Crippen LogP contribution in [-0.2, 0) is 12.8 Å². The first kappa shape index (κ1) is 28.9. The highest BCUT2D eigenvalue weighted by molar-refractivity contribution is 5.85. The number of oxazole rings is 1. The zero-order chi connectivity index (χ0) is 30.4. The van der Waals surface area contributed by atoms with Crippen molar-refractivity contribution in [2.45, 2.75) is 33.0 Å². The van der Waals surface area contributed by atoms with E-state index in [1.165, 1.54) is 31.2 Å². The van der Waals surface area contributed by atoms with Gasteiger partial charge in [-0.3, -0.25) is 0 Å². The third-order valence-corrected chi connectivity index (χ3v) is 6.37. The van der Waals surface area contributed by atoms with Gasteiger partial charge in [0.1, 0.15) is 17.3 Å². The van der Waals surface area contributed by atoms with Crippen molar-refractivity contribution in [2.24, 2.45) is 0 Å². The van der Waals surface area contributed by atoms with Crippen LogP contribution in [0.5, 0.6) is 5.75 Å². The van der Waals surface area contributed by atoms with Crippen molar-refractivity contribution in [3.63, 3.8) is 0 Å². The number of halogens is 7. The zero-order valence-electron chi connectivity index (χ0n) is 21.8. The highest BCUT2D eigenvalue weighted by Gasteiger charge is 2.34. The Balaban J connectivity index is 1.69. The third kappa shape index (κ3) is 5.86. The molecule has 0 saturated heterocycles. The van der Waals surface area contributed by atoms with Crippen molar-refractivity contribution in [3.05, 3.63) is 95.4 Å². The van der Waals surface area contributed by atoms with Crippen molar-refractivity contribution < 1.29 is 45.0 Å². The lowest BCUT2D eigenvalue weighted by atomic mass is 9.95. The number of aliphatic hydroxyl groups excluding tert-OH is 1. The molecule has 5 rings (SSSR count). The van der Waals surface area contributed by atoms with Gasteiger partial charge in [0.25, 0.3) is 0 Å². The monoisotopic (exact) mass is 591 g/mol. The number of aryl methyl sites for hydroxylation is 2. The summed E-state index contributed by atoms with van der Waals surface area (Å²) in [7, 11) is 0. The van der Waals surface area contributed by atoms with E-state index in [0.29, 0.717) is 22.3 Å². The molecule has 5 aromatic rings. The normalized spacial score (nSPS) is 12.1. The van der Waals surface area contributed by atoms with Crippen LogP contribution in [0.15, 0.2) is 71.3 Å². The second-order valence-corrected chi connectivity index (χ2v) is 9.27. The maximum atomic E-state index is 14.7. The Morgan fingerprint density at radius 3 is 2.17 bits per heavy atom. The first-order valence-corrected chi connectivity index (χ1v) is 12.2. The lowest BCUT2D eigenvalue weighted by molar-refractivity contribution is -0.274. The van der Waals surface area contributed by atoms with E-state index in [1.807, 2.05) is 0 Å². The van der Waals surface area contributed by atoms with E-state index in [0.717, 1.165) is 29.1 Å². The summed E-state index contributed by atoms with van der Waals surface area (Å²) < 4.78 is 103. The van der Waals surface area contributed by atoms with Crippen molar-refractivity contribution in [1.82, 2.24) is 14.8 Å². The molecule has 0 aliphatic carbocycles. The van der Waals surface area contributed by atoms with Crippen LogP contribution in [0.4, 0.5) is 30.7 Å². The van der Waals surface area contributed by atoms with Crippen molar-refractivity contribution in [3.8, 4) is 45.1 Å². The molecule has 42 heavy (non-hydrogen) atoms. The predicted molar refractivity (Wildman–Crippen MR) is 137 cm³/mol. The largest absolute Gasteiger partial charge is 0.573 e. The molecule has 13 heteroatoms. The molecule has 0 spiro atoms. The van der Waals surface area contributed by atoms with Gasteiger partial charge in [-0.05, 0) is 72.1 Å². The summed E-state index contributed by atoms with van der Waals surface area (Å²) in [5, 5.41) is 13.1. The van der Waals surface area contributed by atoms with Gasteiger partial charge < -0.3 is 14.3 Å². The SMILES string of the molecule is Cc1nc(-c2cc(-c3cc(C)c(CO)c(F)c3)ccc2-n2ccc(C(F)(F)F)n2)c(-c2ccc(OC(F)(F)F)cc2)o1. The minimum atomic E-state index is -4.89. The number of aromatic nitrogens is 3. The molecule has 6 nitrogen and oxygen atoms in total. The number of rotatable bonds is 6. The summed E-state index contributed by atoms with van der Waals surface area (Å²) in [4.78, 5) is 4.43. The Labute approximate surface area is 233 Å². The molecule has 0 unspecified atom stereocenters. The predicted octanol–water partition coefficient (Wildman–Crippen LogP) is 8.03. The lowest BCUT2D eigenvalue weighted by Crippen LogP contribution is -2.16. The van der Waals surface area contributed by atoms with Crippen LogP contribution in [0.25, 0.3) is 39.4 Å². The van der Waals surface area contributed by atoms with E-state index in [4.69, 9.17) is 4.42 Å². The molecule has 0 radical (unpaired) electrons. The Morgan fingerprint density at radius 1 is 0.881 bits per heavy atom. The van der Waals surface area contributed by atoms with Crippen LogP contribution < -0.4 is 4.74 Å². The van der Waals surface area contributed by atoms with Gasteiger partial charge in [-0.1, -0.05) is 12.1 Å². The fourth-order valence-corrected chi connectivity index (χ4v) is 4.47. The number of nitrogens with zero attached hydrogens (tertiary/aromatic N) is 3. The first-order chi connectivity index (χ1) is 19.7. The highest BCUT2D eigenvalue weighted by atomic mass is 19.4. The smallest absolute Gasteiger partial charge is 0.440 e. The number of hydrogen-bond acceptors (Lipinski definition) is 5. The molecule has 2 heterocycles. The summed E-state index contributed by atoms with van der Waals surface area (Å²) in [5.41, 5.74) is 1.24. The van der Waals surface area contributed by atoms with Crippen LogP contribution in [0.2, 0.25) is 0 Å². The maximum Gasteiger partial charge on any atom is 0.573 e. The van der Waals surface area contributed by atoms with E-state index in [2.05, 4.69) is 14.8 Å². The molecule has 3 aromatic carbocycles. The van der Waals surface area contributed by atoms with Gasteiger partial charge in [-0.15, -0.1) is 13.2 Å². The van der Waals surface area contributed by atoms with Gasteiger partial charge in [-0.2, -0.15) is 18.3 Å². The lowest BCUT2D eigenvalue weighted by Gasteiger charge is -2.14. The quantitative estimate of drug-likeness (QED) is 0.203. The second kappa shape index (κ2) is 10.6. The number of hydrogen-bond donors (Lipinski definition) is 1. The molecule has 0 atom stereocenters. The Morgan fingerprint density at radius 2 is 1.57 bits per heavy atom. The van der Waals surface area contributed by atoms with E-state index >= 15 is 0 Å². The minimum Gasteiger partial charge on any atom is -0.440 e. The average Bonchev–Trinajstić information content (AvgIpc) is 3.55. The average molecular weight is 591 g/mol. The molecule has 2 aromatic heterocycles. The summed E-state index contributed by atoms with van der Waals surface area (Å²) >= 11 is 0. The molecular weight excluding hydrogens is 571 g/mol. The van der Waals surface area contributed by atoms with Gasteiger partial charge in [-0.25, -0.2) is 14.1 Å². The molecule has 0 bridgehead atoms.